The van der Waals surface area contributed by atoms with Gasteiger partial charge in [0.15, 0.2) is 0 Å². The van der Waals surface area contributed by atoms with E-state index in [4.69, 9.17) is 0 Å². The highest BCUT2D eigenvalue weighted by Crippen LogP contribution is 2.22. The van der Waals surface area contributed by atoms with Crippen LogP contribution in [-0.4, -0.2) is 30.3 Å². The van der Waals surface area contributed by atoms with Gasteiger partial charge in [0.1, 0.15) is 0 Å². The largest absolute Gasteiger partial charge is 0.388 e. The third-order valence-electron chi connectivity index (χ3n) is 3.28. The van der Waals surface area contributed by atoms with E-state index in [0.29, 0.717) is 5.95 Å². The van der Waals surface area contributed by atoms with Crippen LogP contribution >= 0.6 is 0 Å². The molecule has 5 heteroatoms. The molecule has 0 saturated carbocycles. The number of aromatic nitrogens is 2. The van der Waals surface area contributed by atoms with Crippen molar-refractivity contribution in [3.8, 4) is 0 Å². The van der Waals surface area contributed by atoms with Gasteiger partial charge < -0.3 is 10.6 Å². The van der Waals surface area contributed by atoms with E-state index in [1.807, 2.05) is 38.2 Å². The van der Waals surface area contributed by atoms with Crippen LogP contribution in [0.15, 0.2) is 54.2 Å². The highest BCUT2D eigenvalue weighted by molar-refractivity contribution is 6.09. The Balaban J connectivity index is 2.30. The fourth-order valence-electron chi connectivity index (χ4n) is 2.12. The lowest BCUT2D eigenvalue weighted by molar-refractivity contribution is 1.14. The summed E-state index contributed by atoms with van der Waals surface area (Å²) in [4.78, 5) is 12.9. The van der Waals surface area contributed by atoms with Crippen molar-refractivity contribution in [2.24, 2.45) is 4.99 Å². The van der Waals surface area contributed by atoms with Gasteiger partial charge in [0.05, 0.1) is 5.69 Å². The first kappa shape index (κ1) is 16.4. The summed E-state index contributed by atoms with van der Waals surface area (Å²) in [7, 11) is 3.63. The van der Waals surface area contributed by atoms with Crippen molar-refractivity contribution >= 4 is 29.1 Å². The van der Waals surface area contributed by atoms with Gasteiger partial charge in [-0.2, -0.15) is 0 Å². The van der Waals surface area contributed by atoms with E-state index in [9.17, 15) is 0 Å². The zero-order valence-electron chi connectivity index (χ0n) is 13.7. The van der Waals surface area contributed by atoms with Gasteiger partial charge in [0.25, 0.3) is 0 Å². The Labute approximate surface area is 136 Å². The van der Waals surface area contributed by atoms with Crippen molar-refractivity contribution < 1.29 is 0 Å². The van der Waals surface area contributed by atoms with Crippen molar-refractivity contribution in [2.45, 2.75) is 6.92 Å². The molecule has 0 amide bonds. The third-order valence-corrected chi connectivity index (χ3v) is 3.28. The smallest absolute Gasteiger partial charge is 0.227 e. The molecule has 0 unspecified atom stereocenters. The second-order valence-electron chi connectivity index (χ2n) is 4.92. The normalized spacial score (nSPS) is 11.5. The van der Waals surface area contributed by atoms with E-state index in [1.165, 1.54) is 0 Å². The lowest BCUT2D eigenvalue weighted by Gasteiger charge is -2.11. The SMILES string of the molecule is C=C/C=C(\C=NC)c1ccnc(Nc2ccc(NC)cc2C)n1. The highest BCUT2D eigenvalue weighted by Gasteiger charge is 2.05. The second-order valence-corrected chi connectivity index (χ2v) is 4.92. The molecule has 0 aliphatic carbocycles. The molecule has 2 N–H and O–H groups in total. The van der Waals surface area contributed by atoms with Crippen LogP contribution in [0.4, 0.5) is 17.3 Å². The van der Waals surface area contributed by atoms with Gasteiger partial charge in [-0.1, -0.05) is 18.7 Å². The van der Waals surface area contributed by atoms with Crippen LogP contribution in [-0.2, 0) is 0 Å². The Kier molecular flexibility index (Phi) is 5.63. The Morgan fingerprint density at radius 1 is 1.30 bits per heavy atom. The van der Waals surface area contributed by atoms with Gasteiger partial charge in [-0.3, -0.25) is 4.99 Å². The number of aryl methyl sites for hydroxylation is 1. The lowest BCUT2D eigenvalue weighted by atomic mass is 10.1. The molecule has 0 aliphatic heterocycles. The van der Waals surface area contributed by atoms with Crippen LogP contribution in [0.25, 0.3) is 5.57 Å². The number of nitrogens with zero attached hydrogens (tertiary/aromatic N) is 3. The second kappa shape index (κ2) is 7.89. The van der Waals surface area contributed by atoms with E-state index in [2.05, 4.69) is 38.2 Å². The molecule has 0 bridgehead atoms. The summed E-state index contributed by atoms with van der Waals surface area (Å²) in [6.45, 7) is 5.76. The summed E-state index contributed by atoms with van der Waals surface area (Å²) >= 11 is 0. The number of hydrogen-bond acceptors (Lipinski definition) is 5. The molecule has 2 aromatic rings. The minimum atomic E-state index is 0.544. The number of benzene rings is 1. The minimum absolute atomic E-state index is 0.544. The van der Waals surface area contributed by atoms with Crippen molar-refractivity contribution in [3.63, 3.8) is 0 Å². The quantitative estimate of drug-likeness (QED) is 0.629. The summed E-state index contributed by atoms with van der Waals surface area (Å²) in [6.07, 6.45) is 7.06. The summed E-state index contributed by atoms with van der Waals surface area (Å²) < 4.78 is 0. The molecular weight excluding hydrogens is 286 g/mol. The molecule has 0 saturated heterocycles. The molecule has 0 aliphatic rings. The molecule has 5 nitrogen and oxygen atoms in total. The molecule has 2 rings (SSSR count). The average Bonchev–Trinajstić information content (AvgIpc) is 2.57. The standard InChI is InChI=1S/C18H21N5/c1-5-6-14(12-19-3)17-9-10-21-18(23-17)22-16-8-7-15(20-4)11-13(16)2/h5-12,20H,1H2,2-4H3,(H,21,22,23)/b14-6+,19-12?. The van der Waals surface area contributed by atoms with Gasteiger partial charge in [-0.25, -0.2) is 9.97 Å². The number of rotatable bonds is 6. The van der Waals surface area contributed by atoms with Gasteiger partial charge in [-0.05, 0) is 36.8 Å². The molecular formula is C18H21N5. The molecule has 1 heterocycles. The number of aliphatic imine (C=N–C) groups is 1. The molecule has 118 valence electrons. The van der Waals surface area contributed by atoms with Gasteiger partial charge >= 0.3 is 0 Å². The van der Waals surface area contributed by atoms with E-state index in [1.54, 1.807) is 25.5 Å². The number of anilines is 3. The topological polar surface area (TPSA) is 62.2 Å². The maximum Gasteiger partial charge on any atom is 0.227 e. The van der Waals surface area contributed by atoms with Crippen molar-refractivity contribution in [1.29, 1.82) is 0 Å². The van der Waals surface area contributed by atoms with Crippen LogP contribution in [0, 0.1) is 6.92 Å². The first-order valence-corrected chi connectivity index (χ1v) is 7.31. The van der Waals surface area contributed by atoms with Gasteiger partial charge in [0, 0.05) is 43.5 Å². The molecule has 0 fully saturated rings. The fraction of sp³-hybridized carbons (Fsp3) is 0.167. The maximum atomic E-state index is 4.54. The van der Waals surface area contributed by atoms with Crippen molar-refractivity contribution in [1.82, 2.24) is 9.97 Å². The number of allylic oxidation sites excluding steroid dienone is 3. The maximum absolute atomic E-state index is 4.54. The Morgan fingerprint density at radius 3 is 2.78 bits per heavy atom. The zero-order valence-corrected chi connectivity index (χ0v) is 13.7. The van der Waals surface area contributed by atoms with Crippen LogP contribution < -0.4 is 10.6 Å². The third kappa shape index (κ3) is 4.26. The highest BCUT2D eigenvalue weighted by atomic mass is 15.1. The van der Waals surface area contributed by atoms with Crippen LogP contribution in [0.2, 0.25) is 0 Å². The van der Waals surface area contributed by atoms with E-state index in [-0.39, 0.29) is 0 Å². The van der Waals surface area contributed by atoms with Crippen molar-refractivity contribution in [3.05, 3.63) is 60.5 Å². The summed E-state index contributed by atoms with van der Waals surface area (Å²) in [5.41, 5.74) is 4.83. The molecule has 0 radical (unpaired) electrons. The van der Waals surface area contributed by atoms with Crippen LogP contribution in [0.3, 0.4) is 0 Å². The van der Waals surface area contributed by atoms with E-state index in [0.717, 1.165) is 28.2 Å². The Bertz CT molecular complexity index is 747. The molecule has 23 heavy (non-hydrogen) atoms. The minimum Gasteiger partial charge on any atom is -0.388 e. The predicted molar refractivity (Wildman–Crippen MR) is 98.6 cm³/mol. The monoisotopic (exact) mass is 307 g/mol. The number of nitrogens with one attached hydrogen (secondary N) is 2. The molecule has 1 aromatic heterocycles. The number of hydrogen-bond donors (Lipinski definition) is 2. The average molecular weight is 307 g/mol. The van der Waals surface area contributed by atoms with E-state index >= 15 is 0 Å². The Morgan fingerprint density at radius 2 is 2.13 bits per heavy atom. The Hall–Kier alpha value is -2.95. The lowest BCUT2D eigenvalue weighted by Crippen LogP contribution is -2.01. The van der Waals surface area contributed by atoms with Gasteiger partial charge in [-0.15, -0.1) is 0 Å². The summed E-state index contributed by atoms with van der Waals surface area (Å²) in [6, 6.07) is 7.93. The zero-order chi connectivity index (χ0) is 16.7. The first-order valence-electron chi connectivity index (χ1n) is 7.31. The van der Waals surface area contributed by atoms with Crippen molar-refractivity contribution in [2.75, 3.05) is 24.7 Å². The molecule has 0 atom stereocenters. The first-order chi connectivity index (χ1) is 11.2. The predicted octanol–water partition coefficient (Wildman–Crippen LogP) is 3.84. The molecule has 1 aromatic carbocycles. The fourth-order valence-corrected chi connectivity index (χ4v) is 2.12. The summed E-state index contributed by atoms with van der Waals surface area (Å²) in [5.74, 6) is 0.544. The van der Waals surface area contributed by atoms with Gasteiger partial charge in [0.2, 0.25) is 5.95 Å². The molecule has 0 spiro atoms. The van der Waals surface area contributed by atoms with Crippen LogP contribution in [0.5, 0.6) is 0 Å². The summed E-state index contributed by atoms with van der Waals surface area (Å²) in [5, 5.41) is 6.38. The van der Waals surface area contributed by atoms with E-state index < -0.39 is 0 Å². The van der Waals surface area contributed by atoms with Crippen LogP contribution in [0.1, 0.15) is 11.3 Å².